The zero-order chi connectivity index (χ0) is 13.1. The van der Waals surface area contributed by atoms with E-state index in [0.29, 0.717) is 4.31 Å². The first-order valence-corrected chi connectivity index (χ1v) is 7.88. The summed E-state index contributed by atoms with van der Waals surface area (Å²) in [7, 11) is -4.05. The smallest absolute Gasteiger partial charge is 0.206 e. The Labute approximate surface area is 109 Å². The van der Waals surface area contributed by atoms with E-state index in [1.165, 1.54) is 17.5 Å². The molecule has 1 rings (SSSR count). The molecule has 0 spiro atoms. The van der Waals surface area contributed by atoms with Crippen LogP contribution < -0.4 is 0 Å². The van der Waals surface area contributed by atoms with Gasteiger partial charge in [0.2, 0.25) is 0 Å². The van der Waals surface area contributed by atoms with Crippen LogP contribution in [-0.2, 0) is 10.0 Å². The van der Waals surface area contributed by atoms with Crippen LogP contribution in [0.15, 0.2) is 21.7 Å². The van der Waals surface area contributed by atoms with E-state index in [9.17, 15) is 21.6 Å². The van der Waals surface area contributed by atoms with Crippen molar-refractivity contribution in [2.75, 3.05) is 18.4 Å². The third-order valence-electron chi connectivity index (χ3n) is 1.78. The molecule has 0 aromatic carbocycles. The minimum absolute atomic E-state index is 0.0808. The van der Waals surface area contributed by atoms with Crippen molar-refractivity contribution in [2.24, 2.45) is 0 Å². The van der Waals surface area contributed by atoms with Crippen molar-refractivity contribution in [1.82, 2.24) is 4.31 Å². The summed E-state index contributed by atoms with van der Waals surface area (Å²) in [6.45, 7) is -1.70. The molecule has 0 saturated carbocycles. The number of hydrogen-bond donors (Lipinski definition) is 0. The van der Waals surface area contributed by atoms with Crippen LogP contribution in [0.25, 0.3) is 0 Å². The van der Waals surface area contributed by atoms with E-state index in [1.807, 2.05) is 0 Å². The first-order chi connectivity index (χ1) is 7.77. The second-order valence-corrected chi connectivity index (χ2v) is 6.98. The van der Waals surface area contributed by atoms with Gasteiger partial charge in [0.15, 0.2) is 0 Å². The maximum atomic E-state index is 12.3. The minimum atomic E-state index is -4.55. The molecule has 98 valence electrons. The van der Waals surface area contributed by atoms with Crippen LogP contribution in [0.4, 0.5) is 13.2 Å². The van der Waals surface area contributed by atoms with E-state index < -0.39 is 22.7 Å². The molecule has 0 bridgehead atoms. The van der Waals surface area contributed by atoms with Gasteiger partial charge in [-0.1, -0.05) is 22.0 Å². The molecule has 0 atom stereocenters. The topological polar surface area (TPSA) is 37.4 Å². The van der Waals surface area contributed by atoms with Crippen molar-refractivity contribution in [2.45, 2.75) is 10.4 Å². The summed E-state index contributed by atoms with van der Waals surface area (Å²) in [5, 5.41) is 1.65. The predicted octanol–water partition coefficient (Wildman–Crippen LogP) is 2.70. The van der Waals surface area contributed by atoms with Gasteiger partial charge in [0, 0.05) is 11.9 Å². The number of alkyl halides is 4. The molecule has 0 aliphatic carbocycles. The molecule has 0 N–H and O–H groups in total. The van der Waals surface area contributed by atoms with E-state index in [1.54, 1.807) is 0 Å². The Morgan fingerprint density at radius 3 is 2.47 bits per heavy atom. The third kappa shape index (κ3) is 4.23. The maximum absolute atomic E-state index is 12.3. The highest BCUT2D eigenvalue weighted by molar-refractivity contribution is 9.09. The molecule has 1 aromatic heterocycles. The first-order valence-electron chi connectivity index (χ1n) is 4.44. The van der Waals surface area contributed by atoms with Crippen LogP contribution in [0.2, 0.25) is 0 Å². The monoisotopic (exact) mass is 351 g/mol. The van der Waals surface area contributed by atoms with Gasteiger partial charge in [-0.05, 0) is 11.4 Å². The van der Waals surface area contributed by atoms with E-state index in [0.717, 1.165) is 11.3 Å². The second-order valence-electron chi connectivity index (χ2n) is 3.07. The Morgan fingerprint density at radius 2 is 2.06 bits per heavy atom. The lowest BCUT2D eigenvalue weighted by atomic mass is 10.6. The van der Waals surface area contributed by atoms with Crippen LogP contribution in [-0.4, -0.2) is 37.3 Å². The summed E-state index contributed by atoms with van der Waals surface area (Å²) in [6, 6.07) is 2.77. The zero-order valence-electron chi connectivity index (χ0n) is 8.45. The van der Waals surface area contributed by atoms with Gasteiger partial charge >= 0.3 is 6.18 Å². The Kier molecular flexibility index (Phi) is 4.99. The molecule has 9 heteroatoms. The quantitative estimate of drug-likeness (QED) is 0.765. The second kappa shape index (κ2) is 5.68. The molecule has 3 nitrogen and oxygen atoms in total. The van der Waals surface area contributed by atoms with E-state index in [2.05, 4.69) is 15.9 Å². The van der Waals surface area contributed by atoms with Crippen LogP contribution in [0.1, 0.15) is 0 Å². The van der Waals surface area contributed by atoms with Gasteiger partial charge in [-0.3, -0.25) is 0 Å². The molecule has 0 radical (unpaired) electrons. The van der Waals surface area contributed by atoms with Gasteiger partial charge in [0.25, 0.3) is 10.0 Å². The Morgan fingerprint density at radius 1 is 1.41 bits per heavy atom. The van der Waals surface area contributed by atoms with Crippen molar-refractivity contribution < 1.29 is 21.6 Å². The van der Waals surface area contributed by atoms with Crippen molar-refractivity contribution >= 4 is 37.3 Å². The molecule has 0 saturated heterocycles. The van der Waals surface area contributed by atoms with Crippen molar-refractivity contribution in [3.63, 3.8) is 0 Å². The normalized spacial score (nSPS) is 13.2. The fraction of sp³-hybridized carbons (Fsp3) is 0.500. The lowest BCUT2D eigenvalue weighted by Crippen LogP contribution is -2.39. The molecule has 1 heterocycles. The molecule has 0 fully saturated rings. The summed E-state index contributed by atoms with van der Waals surface area (Å²) < 4.78 is 60.9. The molecule has 0 unspecified atom stereocenters. The van der Waals surface area contributed by atoms with Crippen LogP contribution in [0.3, 0.4) is 0 Å². The third-order valence-corrected chi connectivity index (χ3v) is 5.35. The number of thiophene rings is 1. The van der Waals surface area contributed by atoms with Gasteiger partial charge in [0.05, 0.1) is 0 Å². The summed E-state index contributed by atoms with van der Waals surface area (Å²) >= 11 is 3.84. The van der Waals surface area contributed by atoms with E-state index in [4.69, 9.17) is 0 Å². The predicted molar refractivity (Wildman–Crippen MR) is 62.9 cm³/mol. The SMILES string of the molecule is O=S(=O)(c1cccs1)N(CCBr)CC(F)(F)F. The molecule has 17 heavy (non-hydrogen) atoms. The number of nitrogens with zero attached hydrogens (tertiary/aromatic N) is 1. The average Bonchev–Trinajstić information content (AvgIpc) is 2.68. The van der Waals surface area contributed by atoms with Gasteiger partial charge in [0.1, 0.15) is 10.8 Å². The minimum Gasteiger partial charge on any atom is -0.206 e. The highest BCUT2D eigenvalue weighted by atomic mass is 79.9. The summed E-state index contributed by atoms with van der Waals surface area (Å²) in [5.74, 6) is 0. The summed E-state index contributed by atoms with van der Waals surface area (Å²) in [6.07, 6.45) is -4.55. The Balaban J connectivity index is 2.99. The number of sulfonamides is 1. The molecule has 0 amide bonds. The van der Waals surface area contributed by atoms with Crippen LogP contribution in [0, 0.1) is 0 Å². The highest BCUT2D eigenvalue weighted by Crippen LogP contribution is 2.25. The van der Waals surface area contributed by atoms with Crippen LogP contribution >= 0.6 is 27.3 Å². The molecular formula is C8H9BrF3NO2S2. The van der Waals surface area contributed by atoms with Crippen LogP contribution in [0.5, 0.6) is 0 Å². The fourth-order valence-corrected chi connectivity index (χ4v) is 4.35. The lowest BCUT2D eigenvalue weighted by Gasteiger charge is -2.21. The standard InChI is InChI=1S/C8H9BrF3NO2S2/c9-3-4-13(6-8(10,11)12)17(14,15)7-2-1-5-16-7/h1-2,5H,3-4,6H2. The fourth-order valence-electron chi connectivity index (χ4n) is 1.12. The average molecular weight is 352 g/mol. The van der Waals surface area contributed by atoms with Crippen molar-refractivity contribution in [3.8, 4) is 0 Å². The largest absolute Gasteiger partial charge is 0.402 e. The Bertz CT molecular complexity index is 444. The molecular weight excluding hydrogens is 343 g/mol. The van der Waals surface area contributed by atoms with Gasteiger partial charge in [-0.25, -0.2) is 8.42 Å². The van der Waals surface area contributed by atoms with Gasteiger partial charge in [-0.2, -0.15) is 17.5 Å². The maximum Gasteiger partial charge on any atom is 0.402 e. The first kappa shape index (κ1) is 14.9. The summed E-state index contributed by atoms with van der Waals surface area (Å²) in [5.41, 5.74) is 0. The number of rotatable bonds is 5. The van der Waals surface area contributed by atoms with E-state index in [-0.39, 0.29) is 16.1 Å². The lowest BCUT2D eigenvalue weighted by molar-refractivity contribution is -0.135. The zero-order valence-corrected chi connectivity index (χ0v) is 11.7. The number of halogens is 4. The van der Waals surface area contributed by atoms with E-state index >= 15 is 0 Å². The summed E-state index contributed by atoms with van der Waals surface area (Å²) in [4.78, 5) is 0. The van der Waals surface area contributed by atoms with Gasteiger partial charge in [-0.15, -0.1) is 11.3 Å². The molecule has 0 aliphatic heterocycles. The highest BCUT2D eigenvalue weighted by Gasteiger charge is 2.36. The van der Waals surface area contributed by atoms with Gasteiger partial charge < -0.3 is 0 Å². The van der Waals surface area contributed by atoms with Crippen molar-refractivity contribution in [1.29, 1.82) is 0 Å². The molecule has 0 aliphatic rings. The number of hydrogen-bond acceptors (Lipinski definition) is 3. The molecule has 1 aromatic rings. The Hall–Kier alpha value is -0.120. The van der Waals surface area contributed by atoms with Crippen molar-refractivity contribution in [3.05, 3.63) is 17.5 Å².